The second kappa shape index (κ2) is 5.31. The number of aromatic nitrogens is 2. The fourth-order valence-electron chi connectivity index (χ4n) is 1.67. The second-order valence-electron chi connectivity index (χ2n) is 4.42. The molecule has 1 fully saturated rings. The third-order valence-corrected chi connectivity index (χ3v) is 2.90. The molecule has 1 aromatic heterocycles. The lowest BCUT2D eigenvalue weighted by atomic mass is 10.1. The summed E-state index contributed by atoms with van der Waals surface area (Å²) in [5.74, 6) is 1.43. The highest BCUT2D eigenvalue weighted by Crippen LogP contribution is 2.17. The zero-order valence-electron chi connectivity index (χ0n) is 10.7. The van der Waals surface area contributed by atoms with E-state index < -0.39 is 0 Å². The van der Waals surface area contributed by atoms with Crippen LogP contribution >= 0.6 is 0 Å². The van der Waals surface area contributed by atoms with Gasteiger partial charge in [0.25, 0.3) is 0 Å². The number of rotatable bonds is 5. The summed E-state index contributed by atoms with van der Waals surface area (Å²) in [6.45, 7) is 6.75. The third-order valence-electron chi connectivity index (χ3n) is 2.90. The Morgan fingerprint density at radius 1 is 1.47 bits per heavy atom. The molecule has 0 radical (unpaired) electrons. The molecule has 1 saturated heterocycles. The van der Waals surface area contributed by atoms with Gasteiger partial charge in [-0.3, -0.25) is 0 Å². The number of aryl methyl sites for hydroxylation is 1. The summed E-state index contributed by atoms with van der Waals surface area (Å²) in [5.41, 5.74) is 0.945. The van der Waals surface area contributed by atoms with Crippen LogP contribution in [0.25, 0.3) is 0 Å². The molecule has 5 heteroatoms. The first-order valence-electron chi connectivity index (χ1n) is 6.12. The average Bonchev–Trinajstić information content (AvgIpc) is 2.23. The van der Waals surface area contributed by atoms with Gasteiger partial charge >= 0.3 is 0 Å². The van der Waals surface area contributed by atoms with Crippen LogP contribution in [0.4, 0.5) is 5.95 Å². The minimum absolute atomic E-state index is 0.496. The molecule has 2 heterocycles. The largest absolute Gasteiger partial charge is 0.478 e. The molecule has 17 heavy (non-hydrogen) atoms. The second-order valence-corrected chi connectivity index (χ2v) is 4.42. The lowest BCUT2D eigenvalue weighted by Crippen LogP contribution is -2.56. The number of hydrogen-bond donors (Lipinski definition) is 1. The normalized spacial score (nSPS) is 15.5. The Bertz CT molecular complexity index is 379. The van der Waals surface area contributed by atoms with Crippen LogP contribution in [0.3, 0.4) is 0 Å². The summed E-state index contributed by atoms with van der Waals surface area (Å²) in [4.78, 5) is 11.0. The Morgan fingerprint density at radius 2 is 2.24 bits per heavy atom. The summed E-state index contributed by atoms with van der Waals surface area (Å²) >= 11 is 0. The Balaban J connectivity index is 2.12. The van der Waals surface area contributed by atoms with E-state index >= 15 is 0 Å². The van der Waals surface area contributed by atoms with Gasteiger partial charge in [0, 0.05) is 31.9 Å². The lowest BCUT2D eigenvalue weighted by molar-refractivity contribution is 0.304. The molecule has 94 valence electrons. The van der Waals surface area contributed by atoms with Crippen LogP contribution in [0.15, 0.2) is 6.07 Å². The predicted molar refractivity (Wildman–Crippen MR) is 67.6 cm³/mol. The molecule has 0 amide bonds. The Labute approximate surface area is 102 Å². The molecule has 0 atom stereocenters. The van der Waals surface area contributed by atoms with E-state index in [9.17, 15) is 0 Å². The first kappa shape index (κ1) is 12.1. The molecular formula is C12H20N4O. The minimum Gasteiger partial charge on any atom is -0.478 e. The predicted octanol–water partition coefficient (Wildman–Crippen LogP) is 0.982. The Hall–Kier alpha value is -1.36. The summed E-state index contributed by atoms with van der Waals surface area (Å²) < 4.78 is 5.56. The van der Waals surface area contributed by atoms with Gasteiger partial charge in [0.15, 0.2) is 0 Å². The first-order chi connectivity index (χ1) is 8.20. The number of likely N-dealkylation sites (N-methyl/N-ethyl adjacent to an activating group) is 1. The molecule has 0 bridgehead atoms. The van der Waals surface area contributed by atoms with Crippen molar-refractivity contribution in [2.45, 2.75) is 26.3 Å². The Kier molecular flexibility index (Phi) is 3.78. The fraction of sp³-hybridized carbons (Fsp3) is 0.667. The van der Waals surface area contributed by atoms with Crippen molar-refractivity contribution in [3.63, 3.8) is 0 Å². The van der Waals surface area contributed by atoms with Gasteiger partial charge in [0.2, 0.25) is 11.8 Å². The van der Waals surface area contributed by atoms with Gasteiger partial charge < -0.3 is 15.0 Å². The molecule has 0 aliphatic carbocycles. The number of hydrogen-bond acceptors (Lipinski definition) is 5. The summed E-state index contributed by atoms with van der Waals surface area (Å²) in [5, 5.41) is 3.25. The smallest absolute Gasteiger partial charge is 0.228 e. The topological polar surface area (TPSA) is 50.3 Å². The Morgan fingerprint density at radius 3 is 2.82 bits per heavy atom. The molecule has 0 spiro atoms. The van der Waals surface area contributed by atoms with Crippen molar-refractivity contribution in [2.24, 2.45) is 0 Å². The maximum absolute atomic E-state index is 5.56. The van der Waals surface area contributed by atoms with Crippen LogP contribution < -0.4 is 15.0 Å². The lowest BCUT2D eigenvalue weighted by Gasteiger charge is -2.35. The van der Waals surface area contributed by atoms with Crippen LogP contribution in [-0.2, 0) is 0 Å². The highest BCUT2D eigenvalue weighted by atomic mass is 16.5. The van der Waals surface area contributed by atoms with E-state index in [2.05, 4.69) is 27.1 Å². The third kappa shape index (κ3) is 2.85. The maximum Gasteiger partial charge on any atom is 0.228 e. The van der Waals surface area contributed by atoms with E-state index in [1.54, 1.807) is 0 Å². The summed E-state index contributed by atoms with van der Waals surface area (Å²) in [6, 6.07) is 2.38. The van der Waals surface area contributed by atoms with Crippen molar-refractivity contribution < 1.29 is 4.74 Å². The van der Waals surface area contributed by atoms with Crippen LogP contribution in [0.2, 0.25) is 0 Å². The number of nitrogens with one attached hydrogen (secondary N) is 1. The molecular weight excluding hydrogens is 216 g/mol. The SMILES string of the molecule is CCCOc1cc(C)nc(N(C)C2CNC2)n1. The summed E-state index contributed by atoms with van der Waals surface area (Å²) in [7, 11) is 2.03. The molecule has 0 saturated carbocycles. The van der Waals surface area contributed by atoms with Crippen molar-refractivity contribution in [2.75, 3.05) is 31.6 Å². The van der Waals surface area contributed by atoms with Crippen molar-refractivity contribution in [3.05, 3.63) is 11.8 Å². The highest BCUT2D eigenvalue weighted by Gasteiger charge is 2.23. The fourth-order valence-corrected chi connectivity index (χ4v) is 1.67. The van der Waals surface area contributed by atoms with Crippen molar-refractivity contribution >= 4 is 5.95 Å². The molecule has 0 unspecified atom stereocenters. The molecule has 1 aliphatic rings. The van der Waals surface area contributed by atoms with E-state index in [0.29, 0.717) is 18.5 Å². The summed E-state index contributed by atoms with van der Waals surface area (Å²) in [6.07, 6.45) is 0.987. The number of nitrogens with zero attached hydrogens (tertiary/aromatic N) is 3. The van der Waals surface area contributed by atoms with Crippen molar-refractivity contribution in [1.82, 2.24) is 15.3 Å². The number of anilines is 1. The number of ether oxygens (including phenoxy) is 1. The van der Waals surface area contributed by atoms with Gasteiger partial charge in [-0.05, 0) is 13.3 Å². The quantitative estimate of drug-likeness (QED) is 0.826. The van der Waals surface area contributed by atoms with Gasteiger partial charge in [0.1, 0.15) is 0 Å². The maximum atomic E-state index is 5.56. The van der Waals surface area contributed by atoms with Crippen molar-refractivity contribution in [3.8, 4) is 5.88 Å². The van der Waals surface area contributed by atoms with E-state index in [1.165, 1.54) is 0 Å². The van der Waals surface area contributed by atoms with Crippen LogP contribution in [0.1, 0.15) is 19.0 Å². The molecule has 5 nitrogen and oxygen atoms in total. The monoisotopic (exact) mass is 236 g/mol. The molecule has 2 rings (SSSR count). The van der Waals surface area contributed by atoms with E-state index in [1.807, 2.05) is 20.0 Å². The van der Waals surface area contributed by atoms with E-state index in [-0.39, 0.29) is 0 Å². The van der Waals surface area contributed by atoms with Gasteiger partial charge in [-0.25, -0.2) is 4.98 Å². The van der Waals surface area contributed by atoms with Gasteiger partial charge in [-0.15, -0.1) is 0 Å². The molecule has 1 N–H and O–H groups in total. The minimum atomic E-state index is 0.496. The highest BCUT2D eigenvalue weighted by molar-refractivity contribution is 5.35. The van der Waals surface area contributed by atoms with Crippen LogP contribution in [-0.4, -0.2) is 42.8 Å². The van der Waals surface area contributed by atoms with E-state index in [0.717, 1.165) is 31.2 Å². The average molecular weight is 236 g/mol. The van der Waals surface area contributed by atoms with Gasteiger partial charge in [-0.2, -0.15) is 4.98 Å². The van der Waals surface area contributed by atoms with Gasteiger partial charge in [-0.1, -0.05) is 6.92 Å². The molecule has 0 aromatic carbocycles. The van der Waals surface area contributed by atoms with Crippen LogP contribution in [0, 0.1) is 6.92 Å². The zero-order valence-corrected chi connectivity index (χ0v) is 10.7. The molecule has 1 aromatic rings. The van der Waals surface area contributed by atoms with E-state index in [4.69, 9.17) is 4.74 Å². The van der Waals surface area contributed by atoms with Crippen molar-refractivity contribution in [1.29, 1.82) is 0 Å². The zero-order chi connectivity index (χ0) is 12.3. The van der Waals surface area contributed by atoms with Crippen LogP contribution in [0.5, 0.6) is 5.88 Å². The first-order valence-corrected chi connectivity index (χ1v) is 6.12. The standard InChI is InChI=1S/C12H20N4O/c1-4-5-17-11-6-9(2)14-12(15-11)16(3)10-7-13-8-10/h6,10,13H,4-5,7-8H2,1-3H3. The van der Waals surface area contributed by atoms with Gasteiger partial charge in [0.05, 0.1) is 12.6 Å². The molecule has 1 aliphatic heterocycles.